The number of carbonyl (C=O) groups is 1. The molecule has 0 aromatic heterocycles. The Labute approximate surface area is 186 Å². The van der Waals surface area contributed by atoms with Gasteiger partial charge in [0.15, 0.2) is 5.96 Å². The third-order valence-electron chi connectivity index (χ3n) is 4.35. The molecule has 6 nitrogen and oxygen atoms in total. The molecule has 1 aromatic carbocycles. The van der Waals surface area contributed by atoms with Gasteiger partial charge in [0, 0.05) is 32.6 Å². The smallest absolute Gasteiger partial charge is 0.220 e. The molecule has 28 heavy (non-hydrogen) atoms. The van der Waals surface area contributed by atoms with Gasteiger partial charge in [0.25, 0.3) is 0 Å². The van der Waals surface area contributed by atoms with Crippen molar-refractivity contribution in [2.24, 2.45) is 4.99 Å². The second kappa shape index (κ2) is 12.9. The van der Waals surface area contributed by atoms with E-state index in [0.29, 0.717) is 25.6 Å². The summed E-state index contributed by atoms with van der Waals surface area (Å²) in [4.78, 5) is 18.4. The number of hydrogen-bond acceptors (Lipinski definition) is 3. The van der Waals surface area contributed by atoms with Gasteiger partial charge in [-0.25, -0.2) is 0 Å². The van der Waals surface area contributed by atoms with E-state index in [9.17, 15) is 4.79 Å². The fourth-order valence-corrected chi connectivity index (χ4v) is 2.84. The molecule has 1 fully saturated rings. The summed E-state index contributed by atoms with van der Waals surface area (Å²) in [5, 5.41) is 6.31. The molecular formula is C21H35IN4O2. The SMILES string of the molecule is CCNC(=NCCCC(=O)NC1CC1)N(C)CCOc1cc(C)cc(C)c1.I. The third-order valence-corrected chi connectivity index (χ3v) is 4.35. The van der Waals surface area contributed by atoms with Crippen molar-refractivity contribution >= 4 is 35.8 Å². The van der Waals surface area contributed by atoms with Gasteiger partial charge in [-0.1, -0.05) is 6.07 Å². The zero-order chi connectivity index (χ0) is 19.6. The average Bonchev–Trinajstić information content (AvgIpc) is 3.40. The summed E-state index contributed by atoms with van der Waals surface area (Å²) >= 11 is 0. The summed E-state index contributed by atoms with van der Waals surface area (Å²) in [6.45, 7) is 8.98. The lowest BCUT2D eigenvalue weighted by molar-refractivity contribution is -0.121. The van der Waals surface area contributed by atoms with Crippen molar-refractivity contribution in [2.45, 2.75) is 52.5 Å². The highest BCUT2D eigenvalue weighted by Crippen LogP contribution is 2.18. The van der Waals surface area contributed by atoms with Crippen LogP contribution in [-0.4, -0.2) is 56.1 Å². The maximum absolute atomic E-state index is 11.7. The Morgan fingerprint density at radius 1 is 1.25 bits per heavy atom. The molecule has 0 spiro atoms. The number of likely N-dealkylation sites (N-methyl/N-ethyl adjacent to an activating group) is 1. The van der Waals surface area contributed by atoms with Gasteiger partial charge < -0.3 is 20.3 Å². The van der Waals surface area contributed by atoms with E-state index in [-0.39, 0.29) is 29.9 Å². The van der Waals surface area contributed by atoms with E-state index < -0.39 is 0 Å². The van der Waals surface area contributed by atoms with Crippen LogP contribution in [0.2, 0.25) is 0 Å². The molecule has 1 aliphatic rings. The second-order valence-corrected chi connectivity index (χ2v) is 7.27. The minimum absolute atomic E-state index is 0. The van der Waals surface area contributed by atoms with Crippen LogP contribution in [0.1, 0.15) is 43.7 Å². The number of aryl methyl sites for hydroxylation is 2. The topological polar surface area (TPSA) is 66.0 Å². The number of amides is 1. The van der Waals surface area contributed by atoms with Crippen LogP contribution < -0.4 is 15.4 Å². The van der Waals surface area contributed by atoms with Crippen LogP contribution in [0.3, 0.4) is 0 Å². The molecule has 1 saturated carbocycles. The fraction of sp³-hybridized carbons (Fsp3) is 0.619. The Balaban J connectivity index is 0.00000392. The number of guanidine groups is 1. The van der Waals surface area contributed by atoms with Gasteiger partial charge in [0.1, 0.15) is 12.4 Å². The highest BCUT2D eigenvalue weighted by Gasteiger charge is 2.22. The van der Waals surface area contributed by atoms with Gasteiger partial charge in [-0.15, -0.1) is 24.0 Å². The summed E-state index contributed by atoms with van der Waals surface area (Å²) in [6.07, 6.45) is 3.56. The largest absolute Gasteiger partial charge is 0.492 e. The van der Waals surface area contributed by atoms with E-state index in [1.54, 1.807) is 0 Å². The first-order valence-electron chi connectivity index (χ1n) is 9.98. The molecular weight excluding hydrogens is 467 g/mol. The van der Waals surface area contributed by atoms with E-state index >= 15 is 0 Å². The van der Waals surface area contributed by atoms with Crippen molar-refractivity contribution in [1.82, 2.24) is 15.5 Å². The summed E-state index contributed by atoms with van der Waals surface area (Å²) < 4.78 is 5.89. The molecule has 158 valence electrons. The Hall–Kier alpha value is -1.51. The van der Waals surface area contributed by atoms with E-state index in [1.807, 2.05) is 7.05 Å². The summed E-state index contributed by atoms with van der Waals surface area (Å²) in [7, 11) is 2.01. The van der Waals surface area contributed by atoms with Gasteiger partial charge in [0.05, 0.1) is 6.54 Å². The molecule has 0 saturated heterocycles. The van der Waals surface area contributed by atoms with Gasteiger partial charge in [0.2, 0.25) is 5.91 Å². The Morgan fingerprint density at radius 2 is 1.93 bits per heavy atom. The fourth-order valence-electron chi connectivity index (χ4n) is 2.84. The highest BCUT2D eigenvalue weighted by molar-refractivity contribution is 14.0. The lowest BCUT2D eigenvalue weighted by atomic mass is 10.1. The van der Waals surface area contributed by atoms with Gasteiger partial charge in [-0.2, -0.15) is 0 Å². The maximum atomic E-state index is 11.7. The van der Waals surface area contributed by atoms with E-state index in [0.717, 1.165) is 44.1 Å². The average molecular weight is 502 g/mol. The normalized spacial score (nSPS) is 13.5. The molecule has 0 radical (unpaired) electrons. The van der Waals surface area contributed by atoms with Crippen molar-refractivity contribution < 1.29 is 9.53 Å². The Morgan fingerprint density at radius 3 is 2.54 bits per heavy atom. The Kier molecular flexibility index (Phi) is 11.3. The summed E-state index contributed by atoms with van der Waals surface area (Å²) in [5.74, 6) is 1.90. The predicted molar refractivity (Wildman–Crippen MR) is 126 cm³/mol. The number of nitrogens with zero attached hydrogens (tertiary/aromatic N) is 2. The first-order chi connectivity index (χ1) is 13.0. The number of benzene rings is 1. The molecule has 0 atom stereocenters. The van der Waals surface area contributed by atoms with Gasteiger partial charge >= 0.3 is 0 Å². The lowest BCUT2D eigenvalue weighted by Gasteiger charge is -2.22. The number of nitrogens with one attached hydrogen (secondary N) is 2. The maximum Gasteiger partial charge on any atom is 0.220 e. The highest BCUT2D eigenvalue weighted by atomic mass is 127. The van der Waals surface area contributed by atoms with Crippen LogP contribution >= 0.6 is 24.0 Å². The number of hydrogen-bond donors (Lipinski definition) is 2. The van der Waals surface area contributed by atoms with Crippen LogP contribution in [0.25, 0.3) is 0 Å². The molecule has 0 unspecified atom stereocenters. The van der Waals surface area contributed by atoms with Crippen LogP contribution in [-0.2, 0) is 4.79 Å². The van der Waals surface area contributed by atoms with Crippen molar-refractivity contribution in [3.8, 4) is 5.75 Å². The van der Waals surface area contributed by atoms with Crippen LogP contribution in [0.5, 0.6) is 5.75 Å². The minimum Gasteiger partial charge on any atom is -0.492 e. The number of rotatable bonds is 10. The molecule has 1 aromatic rings. The summed E-state index contributed by atoms with van der Waals surface area (Å²) in [5.41, 5.74) is 2.41. The molecule has 0 heterocycles. The predicted octanol–water partition coefficient (Wildman–Crippen LogP) is 3.26. The number of aliphatic imine (C=N–C) groups is 1. The minimum atomic E-state index is 0. The lowest BCUT2D eigenvalue weighted by Crippen LogP contribution is -2.41. The number of ether oxygens (including phenoxy) is 1. The second-order valence-electron chi connectivity index (χ2n) is 7.27. The summed E-state index contributed by atoms with van der Waals surface area (Å²) in [6, 6.07) is 6.68. The molecule has 0 bridgehead atoms. The van der Waals surface area contributed by atoms with Gasteiger partial charge in [-0.3, -0.25) is 9.79 Å². The molecule has 2 N–H and O–H groups in total. The van der Waals surface area contributed by atoms with Crippen LogP contribution in [0.4, 0.5) is 0 Å². The quantitative estimate of drug-likeness (QED) is 0.223. The standard InChI is InChI=1S/C21H34N4O2.HI/c1-5-22-21(23-10-6-7-20(26)24-18-8-9-18)25(4)11-12-27-19-14-16(2)13-17(3)15-19;/h13-15,18H,5-12H2,1-4H3,(H,22,23)(H,24,26);1H. The zero-order valence-corrected chi connectivity index (χ0v) is 19.9. The van der Waals surface area contributed by atoms with Crippen molar-refractivity contribution in [3.05, 3.63) is 29.3 Å². The number of halogens is 1. The third kappa shape index (κ3) is 9.61. The molecule has 1 aliphatic carbocycles. The molecule has 2 rings (SSSR count). The number of carbonyl (C=O) groups excluding carboxylic acids is 1. The molecule has 0 aliphatic heterocycles. The molecule has 7 heteroatoms. The monoisotopic (exact) mass is 502 g/mol. The van der Waals surface area contributed by atoms with Gasteiger partial charge in [-0.05, 0) is 63.3 Å². The van der Waals surface area contributed by atoms with E-state index in [1.165, 1.54) is 11.1 Å². The van der Waals surface area contributed by atoms with Crippen molar-refractivity contribution in [3.63, 3.8) is 0 Å². The Bertz CT molecular complexity index is 627. The van der Waals surface area contributed by atoms with Crippen molar-refractivity contribution in [2.75, 3.05) is 33.3 Å². The van der Waals surface area contributed by atoms with Crippen molar-refractivity contribution in [1.29, 1.82) is 0 Å². The van der Waals surface area contributed by atoms with Crippen LogP contribution in [0.15, 0.2) is 23.2 Å². The van der Waals surface area contributed by atoms with Crippen LogP contribution in [0, 0.1) is 13.8 Å². The zero-order valence-electron chi connectivity index (χ0n) is 17.6. The molecule has 1 amide bonds. The van der Waals surface area contributed by atoms with E-state index in [2.05, 4.69) is 59.5 Å². The first kappa shape index (κ1) is 24.5. The van der Waals surface area contributed by atoms with E-state index in [4.69, 9.17) is 4.74 Å². The first-order valence-corrected chi connectivity index (χ1v) is 9.98.